The summed E-state index contributed by atoms with van der Waals surface area (Å²) in [6, 6.07) is 8.39. The summed E-state index contributed by atoms with van der Waals surface area (Å²) in [5.74, 6) is -0.0161. The Balaban J connectivity index is 2.50. The molecule has 20 heavy (non-hydrogen) atoms. The fourth-order valence-electron chi connectivity index (χ4n) is 1.82. The van der Waals surface area contributed by atoms with Crippen LogP contribution in [0.15, 0.2) is 52.3 Å². The maximum Gasteiger partial charge on any atom is 0.265 e. The summed E-state index contributed by atoms with van der Waals surface area (Å²) in [6.07, 6.45) is 1.16. The topological polar surface area (TPSA) is 90.5 Å². The van der Waals surface area contributed by atoms with E-state index in [1.807, 2.05) is 0 Å². The predicted octanol–water partition coefficient (Wildman–Crippen LogP) is 1.30. The second-order valence-corrected chi connectivity index (χ2v) is 5.94. The number of anilines is 1. The van der Waals surface area contributed by atoms with Gasteiger partial charge >= 0.3 is 0 Å². The van der Waals surface area contributed by atoms with E-state index in [1.54, 1.807) is 19.1 Å². The maximum absolute atomic E-state index is 12.5. The quantitative estimate of drug-likeness (QED) is 0.889. The number of nitrogens with one attached hydrogen (secondary N) is 1. The Morgan fingerprint density at radius 2 is 2.00 bits per heavy atom. The third-order valence-corrected chi connectivity index (χ3v) is 4.65. The molecule has 1 aromatic carbocycles. The van der Waals surface area contributed by atoms with Crippen molar-refractivity contribution in [2.75, 3.05) is 10.8 Å². The monoisotopic (exact) mass is 294 g/mol. The SMILES string of the molecule is CCN(c1cccc(O)c1)S(=O)(=O)c1ccc(=O)[nH]c1. The lowest BCUT2D eigenvalue weighted by atomic mass is 10.3. The van der Waals surface area contributed by atoms with E-state index >= 15 is 0 Å². The van der Waals surface area contributed by atoms with Crippen molar-refractivity contribution in [1.29, 1.82) is 0 Å². The molecule has 1 heterocycles. The molecule has 0 radical (unpaired) electrons. The molecular formula is C13H14N2O4S. The molecule has 7 heteroatoms. The standard InChI is InChI=1S/C13H14N2O4S/c1-2-15(10-4-3-5-11(16)8-10)20(18,19)12-6-7-13(17)14-9-12/h3-9,16H,2H2,1H3,(H,14,17). The molecule has 0 saturated heterocycles. The first-order valence-electron chi connectivity index (χ1n) is 5.95. The molecule has 0 unspecified atom stereocenters. The molecular weight excluding hydrogens is 280 g/mol. The number of aromatic amines is 1. The molecule has 6 nitrogen and oxygen atoms in total. The van der Waals surface area contributed by atoms with Gasteiger partial charge in [-0.1, -0.05) is 6.07 Å². The van der Waals surface area contributed by atoms with Gasteiger partial charge in [-0.25, -0.2) is 8.42 Å². The van der Waals surface area contributed by atoms with Crippen molar-refractivity contribution in [2.24, 2.45) is 0 Å². The minimum absolute atomic E-state index is 0.0118. The van der Waals surface area contributed by atoms with Crippen molar-refractivity contribution in [3.05, 3.63) is 52.9 Å². The van der Waals surface area contributed by atoms with Crippen LogP contribution in [0.3, 0.4) is 0 Å². The number of rotatable bonds is 4. The highest BCUT2D eigenvalue weighted by atomic mass is 32.2. The van der Waals surface area contributed by atoms with E-state index in [4.69, 9.17) is 0 Å². The van der Waals surface area contributed by atoms with Crippen LogP contribution < -0.4 is 9.86 Å². The van der Waals surface area contributed by atoms with E-state index in [1.165, 1.54) is 18.2 Å². The van der Waals surface area contributed by atoms with E-state index in [9.17, 15) is 18.3 Å². The van der Waals surface area contributed by atoms with Gasteiger partial charge in [0.1, 0.15) is 10.6 Å². The van der Waals surface area contributed by atoms with Crippen LogP contribution in [-0.4, -0.2) is 25.1 Å². The number of phenolic OH excluding ortho intramolecular Hbond substituents is 1. The zero-order valence-corrected chi connectivity index (χ0v) is 11.6. The molecule has 2 aromatic rings. The normalized spacial score (nSPS) is 11.2. The van der Waals surface area contributed by atoms with Gasteiger partial charge in [0.05, 0.1) is 5.69 Å². The van der Waals surface area contributed by atoms with Gasteiger partial charge in [0.2, 0.25) is 5.56 Å². The van der Waals surface area contributed by atoms with Crippen LogP contribution >= 0.6 is 0 Å². The average Bonchev–Trinajstić information content (AvgIpc) is 2.40. The summed E-state index contributed by atoms with van der Waals surface area (Å²) < 4.78 is 26.2. The molecule has 0 atom stereocenters. The molecule has 1 aromatic heterocycles. The number of H-pyrrole nitrogens is 1. The molecule has 0 bridgehead atoms. The maximum atomic E-state index is 12.5. The fourth-order valence-corrected chi connectivity index (χ4v) is 3.26. The third kappa shape index (κ3) is 2.67. The Bertz CT molecular complexity index is 747. The summed E-state index contributed by atoms with van der Waals surface area (Å²) in [5.41, 5.74) is -0.0111. The second-order valence-electron chi connectivity index (χ2n) is 4.08. The number of aromatic hydroxyl groups is 1. The smallest absolute Gasteiger partial charge is 0.265 e. The van der Waals surface area contributed by atoms with Gasteiger partial charge in [-0.15, -0.1) is 0 Å². The summed E-state index contributed by atoms with van der Waals surface area (Å²) in [5, 5.41) is 9.46. The molecule has 0 saturated carbocycles. The Morgan fingerprint density at radius 3 is 2.55 bits per heavy atom. The molecule has 2 rings (SSSR count). The van der Waals surface area contributed by atoms with E-state index in [2.05, 4.69) is 4.98 Å². The number of pyridine rings is 1. The van der Waals surface area contributed by atoms with Gasteiger partial charge in [-0.2, -0.15) is 0 Å². The van der Waals surface area contributed by atoms with Crippen LogP contribution in [0.1, 0.15) is 6.92 Å². The number of hydrogen-bond acceptors (Lipinski definition) is 4. The second kappa shape index (κ2) is 5.38. The average molecular weight is 294 g/mol. The number of sulfonamides is 1. The third-order valence-electron chi connectivity index (χ3n) is 2.75. The van der Waals surface area contributed by atoms with Crippen molar-refractivity contribution in [2.45, 2.75) is 11.8 Å². The van der Waals surface area contributed by atoms with E-state index in [-0.39, 0.29) is 22.7 Å². The van der Waals surface area contributed by atoms with Crippen LogP contribution in [0.4, 0.5) is 5.69 Å². The molecule has 0 spiro atoms. The molecule has 0 aliphatic heterocycles. The highest BCUT2D eigenvalue weighted by molar-refractivity contribution is 7.92. The van der Waals surface area contributed by atoms with Crippen LogP contribution in [-0.2, 0) is 10.0 Å². The van der Waals surface area contributed by atoms with Crippen LogP contribution in [0, 0.1) is 0 Å². The molecule has 0 fully saturated rings. The van der Waals surface area contributed by atoms with Gasteiger partial charge in [-0.05, 0) is 25.1 Å². The van der Waals surface area contributed by atoms with E-state index in [0.717, 1.165) is 16.6 Å². The van der Waals surface area contributed by atoms with Gasteiger partial charge in [0.25, 0.3) is 10.0 Å². The van der Waals surface area contributed by atoms with E-state index < -0.39 is 10.0 Å². The Labute approximate surface area is 116 Å². The zero-order chi connectivity index (χ0) is 14.8. The first kappa shape index (κ1) is 14.1. The van der Waals surface area contributed by atoms with Crippen LogP contribution in [0.5, 0.6) is 5.75 Å². The number of phenols is 1. The Hall–Kier alpha value is -2.28. The minimum atomic E-state index is -3.79. The van der Waals surface area contributed by atoms with E-state index in [0.29, 0.717) is 5.69 Å². The molecule has 0 amide bonds. The Morgan fingerprint density at radius 1 is 1.25 bits per heavy atom. The molecule has 0 aliphatic rings. The number of nitrogens with zero attached hydrogens (tertiary/aromatic N) is 1. The first-order valence-corrected chi connectivity index (χ1v) is 7.39. The van der Waals surface area contributed by atoms with Crippen LogP contribution in [0.25, 0.3) is 0 Å². The van der Waals surface area contributed by atoms with Crippen molar-refractivity contribution >= 4 is 15.7 Å². The summed E-state index contributed by atoms with van der Waals surface area (Å²) in [7, 11) is -3.79. The highest BCUT2D eigenvalue weighted by Crippen LogP contribution is 2.25. The van der Waals surface area contributed by atoms with Crippen molar-refractivity contribution < 1.29 is 13.5 Å². The highest BCUT2D eigenvalue weighted by Gasteiger charge is 2.23. The minimum Gasteiger partial charge on any atom is -0.508 e. The number of aromatic nitrogens is 1. The summed E-state index contributed by atoms with van der Waals surface area (Å²) in [6.45, 7) is 1.89. The lowest BCUT2D eigenvalue weighted by molar-refractivity contribution is 0.475. The number of hydrogen-bond donors (Lipinski definition) is 2. The summed E-state index contributed by atoms with van der Waals surface area (Å²) in [4.78, 5) is 13.3. The predicted molar refractivity (Wildman–Crippen MR) is 75.4 cm³/mol. The van der Waals surface area contributed by atoms with Crippen molar-refractivity contribution in [3.63, 3.8) is 0 Å². The lowest BCUT2D eigenvalue weighted by Gasteiger charge is -2.22. The number of benzene rings is 1. The van der Waals surface area contributed by atoms with Crippen molar-refractivity contribution in [3.8, 4) is 5.75 Å². The molecule has 2 N–H and O–H groups in total. The van der Waals surface area contributed by atoms with Crippen molar-refractivity contribution in [1.82, 2.24) is 4.98 Å². The molecule has 106 valence electrons. The lowest BCUT2D eigenvalue weighted by Crippen LogP contribution is -2.31. The van der Waals surface area contributed by atoms with Gasteiger partial charge in [-0.3, -0.25) is 9.10 Å². The van der Waals surface area contributed by atoms with Crippen LogP contribution in [0.2, 0.25) is 0 Å². The van der Waals surface area contributed by atoms with Gasteiger partial charge < -0.3 is 10.1 Å². The molecule has 0 aliphatic carbocycles. The van der Waals surface area contributed by atoms with Gasteiger partial charge in [0, 0.05) is 24.9 Å². The van der Waals surface area contributed by atoms with Gasteiger partial charge in [0.15, 0.2) is 0 Å². The zero-order valence-electron chi connectivity index (χ0n) is 10.8. The Kier molecular flexibility index (Phi) is 3.80. The summed E-state index contributed by atoms with van der Waals surface area (Å²) >= 11 is 0. The first-order chi connectivity index (χ1) is 9.45. The largest absolute Gasteiger partial charge is 0.508 e. The fraction of sp³-hybridized carbons (Fsp3) is 0.154.